The maximum Gasteiger partial charge on any atom is 0.143 e. The highest BCUT2D eigenvalue weighted by Gasteiger charge is 2.23. The maximum atomic E-state index is 4.78. The summed E-state index contributed by atoms with van der Waals surface area (Å²) in [4.78, 5) is 16.2. The van der Waals surface area contributed by atoms with Gasteiger partial charge in [-0.1, -0.05) is 18.2 Å². The minimum Gasteiger partial charge on any atom is -0.296 e. The van der Waals surface area contributed by atoms with Crippen LogP contribution in [0.1, 0.15) is 41.5 Å². The fraction of sp³-hybridized carbons (Fsp3) is 0.333. The first-order chi connectivity index (χ1) is 14.7. The van der Waals surface area contributed by atoms with E-state index >= 15 is 0 Å². The summed E-state index contributed by atoms with van der Waals surface area (Å²) in [5.41, 5.74) is 6.60. The van der Waals surface area contributed by atoms with Crippen molar-refractivity contribution in [2.75, 3.05) is 13.1 Å². The monoisotopic (exact) mass is 398 g/mol. The maximum absolute atomic E-state index is 4.78. The Kier molecular flexibility index (Phi) is 5.01. The van der Waals surface area contributed by atoms with Crippen LogP contribution in [0.5, 0.6) is 0 Å². The molecule has 1 fully saturated rings. The number of benzene rings is 1. The second kappa shape index (κ2) is 7.95. The van der Waals surface area contributed by atoms with Crippen molar-refractivity contribution in [3.8, 4) is 11.3 Å². The van der Waals surface area contributed by atoms with Crippen LogP contribution in [0.15, 0.2) is 48.8 Å². The molecule has 1 saturated heterocycles. The number of pyridine rings is 1. The molecule has 4 aromatic rings. The van der Waals surface area contributed by atoms with Crippen molar-refractivity contribution in [2.45, 2.75) is 39.2 Å². The Bertz CT molecular complexity index is 1170. The molecule has 0 amide bonds. The number of aromatic nitrogens is 5. The molecule has 5 rings (SSSR count). The van der Waals surface area contributed by atoms with Crippen molar-refractivity contribution >= 4 is 10.9 Å². The van der Waals surface area contributed by atoms with Crippen LogP contribution in [-0.2, 0) is 6.54 Å². The Labute approximate surface area is 176 Å². The lowest BCUT2D eigenvalue weighted by Crippen LogP contribution is -2.33. The summed E-state index contributed by atoms with van der Waals surface area (Å²) in [5.74, 6) is 1.43. The minimum absolute atomic E-state index is 0.513. The lowest BCUT2D eigenvalue weighted by molar-refractivity contribution is 0.199. The first-order valence-corrected chi connectivity index (χ1v) is 10.6. The van der Waals surface area contributed by atoms with Crippen LogP contribution >= 0.6 is 0 Å². The van der Waals surface area contributed by atoms with E-state index in [4.69, 9.17) is 9.97 Å². The number of fused-ring (bicyclic) bond motifs is 1. The normalized spacial score (nSPS) is 15.7. The minimum atomic E-state index is 0.513. The zero-order valence-corrected chi connectivity index (χ0v) is 17.5. The number of likely N-dealkylation sites (tertiary alicyclic amines) is 1. The number of nitrogens with zero attached hydrogens (tertiary/aromatic N) is 5. The van der Waals surface area contributed by atoms with Crippen molar-refractivity contribution in [2.24, 2.45) is 0 Å². The second-order valence-corrected chi connectivity index (χ2v) is 8.19. The summed E-state index contributed by atoms with van der Waals surface area (Å²) in [6, 6.07) is 12.5. The van der Waals surface area contributed by atoms with E-state index in [1.54, 1.807) is 0 Å². The standard InChI is InChI=1S/C24H26N6/c1-16-7-10-25-14-20(16)23-13-22(28-29-23)18-8-11-30(12-9-18)15-24-26-17(2)19-5-3-4-6-21(19)27-24/h3-7,10,13-14,18H,8-9,11-12,15H2,1-2H3,(H,28,29). The van der Waals surface area contributed by atoms with E-state index in [0.29, 0.717) is 5.92 Å². The summed E-state index contributed by atoms with van der Waals surface area (Å²) in [6.45, 7) is 7.06. The van der Waals surface area contributed by atoms with Gasteiger partial charge in [0.05, 0.1) is 17.8 Å². The number of piperidine rings is 1. The van der Waals surface area contributed by atoms with E-state index in [0.717, 1.165) is 66.2 Å². The summed E-state index contributed by atoms with van der Waals surface area (Å²) in [6.07, 6.45) is 5.94. The Morgan fingerprint density at radius 2 is 1.90 bits per heavy atom. The second-order valence-electron chi connectivity index (χ2n) is 8.19. The highest BCUT2D eigenvalue weighted by atomic mass is 15.2. The zero-order chi connectivity index (χ0) is 20.5. The van der Waals surface area contributed by atoms with Crippen molar-refractivity contribution in [1.82, 2.24) is 30.0 Å². The first-order valence-electron chi connectivity index (χ1n) is 10.6. The van der Waals surface area contributed by atoms with E-state index in [1.807, 2.05) is 30.6 Å². The van der Waals surface area contributed by atoms with Crippen LogP contribution in [0.25, 0.3) is 22.2 Å². The predicted octanol–water partition coefficient (Wildman–Crippen LogP) is 4.41. The largest absolute Gasteiger partial charge is 0.296 e. The van der Waals surface area contributed by atoms with Crippen LogP contribution in [0.4, 0.5) is 0 Å². The summed E-state index contributed by atoms with van der Waals surface area (Å²) in [7, 11) is 0. The summed E-state index contributed by atoms with van der Waals surface area (Å²) in [5, 5.41) is 8.96. The smallest absolute Gasteiger partial charge is 0.143 e. The summed E-state index contributed by atoms with van der Waals surface area (Å²) < 4.78 is 0. The molecule has 1 aliphatic rings. The third-order valence-electron chi connectivity index (χ3n) is 6.15. The van der Waals surface area contributed by atoms with Gasteiger partial charge >= 0.3 is 0 Å². The van der Waals surface area contributed by atoms with Gasteiger partial charge in [0, 0.05) is 40.6 Å². The molecule has 0 spiro atoms. The van der Waals surface area contributed by atoms with E-state index in [-0.39, 0.29) is 0 Å². The number of para-hydroxylation sites is 1. The van der Waals surface area contributed by atoms with Crippen molar-refractivity contribution in [3.63, 3.8) is 0 Å². The highest BCUT2D eigenvalue weighted by Crippen LogP contribution is 2.30. The van der Waals surface area contributed by atoms with Crippen LogP contribution < -0.4 is 0 Å². The lowest BCUT2D eigenvalue weighted by Gasteiger charge is -2.30. The average molecular weight is 399 g/mol. The fourth-order valence-electron chi connectivity index (χ4n) is 4.38. The summed E-state index contributed by atoms with van der Waals surface area (Å²) >= 11 is 0. The average Bonchev–Trinajstić information content (AvgIpc) is 3.25. The molecule has 6 nitrogen and oxygen atoms in total. The SMILES string of the molecule is Cc1ccncc1-c1cc(C2CCN(Cc3nc(C)c4ccccc4n3)CC2)[nH]n1. The van der Waals surface area contributed by atoms with Gasteiger partial charge in [0.25, 0.3) is 0 Å². The van der Waals surface area contributed by atoms with Gasteiger partial charge < -0.3 is 0 Å². The lowest BCUT2D eigenvalue weighted by atomic mass is 9.93. The molecule has 0 unspecified atom stereocenters. The zero-order valence-electron chi connectivity index (χ0n) is 17.5. The van der Waals surface area contributed by atoms with Gasteiger partial charge in [0.2, 0.25) is 0 Å². The fourth-order valence-corrected chi connectivity index (χ4v) is 4.38. The molecular formula is C24H26N6. The van der Waals surface area contributed by atoms with Gasteiger partial charge in [-0.3, -0.25) is 15.0 Å². The quantitative estimate of drug-likeness (QED) is 0.551. The molecule has 0 saturated carbocycles. The van der Waals surface area contributed by atoms with E-state index < -0.39 is 0 Å². The number of rotatable bonds is 4. The number of nitrogens with one attached hydrogen (secondary N) is 1. The molecule has 6 heteroatoms. The molecule has 30 heavy (non-hydrogen) atoms. The molecule has 1 N–H and O–H groups in total. The molecule has 4 heterocycles. The highest BCUT2D eigenvalue weighted by molar-refractivity contribution is 5.80. The third-order valence-corrected chi connectivity index (χ3v) is 6.15. The number of hydrogen-bond donors (Lipinski definition) is 1. The van der Waals surface area contributed by atoms with Crippen LogP contribution in [0.3, 0.4) is 0 Å². The van der Waals surface area contributed by atoms with E-state index in [9.17, 15) is 0 Å². The molecule has 3 aromatic heterocycles. The van der Waals surface area contributed by atoms with Crippen LogP contribution in [-0.4, -0.2) is 43.1 Å². The van der Waals surface area contributed by atoms with Gasteiger partial charge in [-0.2, -0.15) is 5.10 Å². The first kappa shape index (κ1) is 18.9. The van der Waals surface area contributed by atoms with Crippen LogP contribution in [0, 0.1) is 13.8 Å². The van der Waals surface area contributed by atoms with Crippen LogP contribution in [0.2, 0.25) is 0 Å². The number of aromatic amines is 1. The molecule has 1 aliphatic heterocycles. The molecule has 0 aliphatic carbocycles. The van der Waals surface area contributed by atoms with Gasteiger partial charge in [-0.25, -0.2) is 9.97 Å². The van der Waals surface area contributed by atoms with Gasteiger partial charge in [-0.15, -0.1) is 0 Å². The molecule has 1 aromatic carbocycles. The predicted molar refractivity (Wildman–Crippen MR) is 118 cm³/mol. The van der Waals surface area contributed by atoms with Gasteiger partial charge in [-0.05, 0) is 63.5 Å². The molecular weight excluding hydrogens is 372 g/mol. The van der Waals surface area contributed by atoms with E-state index in [2.05, 4.69) is 52.1 Å². The Hall–Kier alpha value is -3.12. The van der Waals surface area contributed by atoms with Gasteiger partial charge in [0.1, 0.15) is 5.82 Å². The molecule has 0 atom stereocenters. The number of aryl methyl sites for hydroxylation is 2. The van der Waals surface area contributed by atoms with Crippen molar-refractivity contribution in [3.05, 3.63) is 71.6 Å². The molecule has 0 bridgehead atoms. The van der Waals surface area contributed by atoms with Gasteiger partial charge in [0.15, 0.2) is 0 Å². The number of hydrogen-bond acceptors (Lipinski definition) is 5. The Morgan fingerprint density at radius 1 is 1.07 bits per heavy atom. The molecule has 152 valence electrons. The number of H-pyrrole nitrogens is 1. The Morgan fingerprint density at radius 3 is 2.73 bits per heavy atom. The van der Waals surface area contributed by atoms with Crippen molar-refractivity contribution < 1.29 is 0 Å². The third kappa shape index (κ3) is 3.71. The molecule has 0 radical (unpaired) electrons. The topological polar surface area (TPSA) is 70.6 Å². The van der Waals surface area contributed by atoms with Crippen molar-refractivity contribution in [1.29, 1.82) is 0 Å². The Balaban J connectivity index is 1.25. The van der Waals surface area contributed by atoms with E-state index in [1.165, 1.54) is 11.3 Å².